The molecule has 3 N–H and O–H groups in total. The predicted molar refractivity (Wildman–Crippen MR) is 78.0 cm³/mol. The van der Waals surface area contributed by atoms with E-state index in [1.165, 1.54) is 4.68 Å². The lowest BCUT2D eigenvalue weighted by molar-refractivity contribution is 0.0977. The SMILES string of the molecule is Cc1n[nH]c(=S)n1NC(=S)NC(=O)c1ccccc1. The zero-order valence-corrected chi connectivity index (χ0v) is 11.6. The van der Waals surface area contributed by atoms with Gasteiger partial charge in [0.1, 0.15) is 5.82 Å². The molecule has 0 bridgehead atoms. The van der Waals surface area contributed by atoms with E-state index in [1.54, 1.807) is 31.2 Å². The van der Waals surface area contributed by atoms with Crippen molar-refractivity contribution in [2.45, 2.75) is 6.92 Å². The third kappa shape index (κ3) is 3.24. The van der Waals surface area contributed by atoms with Crippen molar-refractivity contribution in [3.8, 4) is 0 Å². The number of carbonyl (C=O) groups is 1. The molecule has 0 unspecified atom stereocenters. The van der Waals surface area contributed by atoms with Crippen molar-refractivity contribution in [2.75, 3.05) is 5.43 Å². The summed E-state index contributed by atoms with van der Waals surface area (Å²) >= 11 is 10.1. The first-order valence-corrected chi connectivity index (χ1v) is 6.21. The third-order valence-corrected chi connectivity index (χ3v) is 2.78. The number of amides is 1. The third-order valence-electron chi connectivity index (χ3n) is 2.32. The van der Waals surface area contributed by atoms with Crippen LogP contribution in [-0.2, 0) is 0 Å². The molecule has 0 saturated carbocycles. The van der Waals surface area contributed by atoms with E-state index in [0.29, 0.717) is 16.2 Å². The number of nitrogens with one attached hydrogen (secondary N) is 3. The number of thiocarbonyl (C=S) groups is 1. The standard InChI is InChI=1S/C11H11N5OS2/c1-7-13-14-11(19)16(7)15-10(18)12-9(17)8-5-3-2-4-6-8/h2-6H,1H3,(H,14,19)(H2,12,15,17,18). The van der Waals surface area contributed by atoms with Gasteiger partial charge in [-0.2, -0.15) is 5.10 Å². The van der Waals surface area contributed by atoms with Crippen molar-refractivity contribution in [3.63, 3.8) is 0 Å². The van der Waals surface area contributed by atoms with Crippen LogP contribution in [0.2, 0.25) is 0 Å². The van der Waals surface area contributed by atoms with Crippen LogP contribution in [0.5, 0.6) is 0 Å². The highest BCUT2D eigenvalue weighted by molar-refractivity contribution is 7.80. The summed E-state index contributed by atoms with van der Waals surface area (Å²) in [6.07, 6.45) is 0. The van der Waals surface area contributed by atoms with Gasteiger partial charge in [-0.1, -0.05) is 18.2 Å². The fraction of sp³-hybridized carbons (Fsp3) is 0.0909. The van der Waals surface area contributed by atoms with Gasteiger partial charge in [-0.15, -0.1) is 0 Å². The second kappa shape index (κ2) is 5.72. The number of aromatic nitrogens is 3. The highest BCUT2D eigenvalue weighted by Crippen LogP contribution is 1.98. The topological polar surface area (TPSA) is 74.7 Å². The average molecular weight is 293 g/mol. The second-order valence-corrected chi connectivity index (χ2v) is 4.47. The highest BCUT2D eigenvalue weighted by atomic mass is 32.1. The molecular weight excluding hydrogens is 282 g/mol. The molecule has 0 atom stereocenters. The molecule has 0 spiro atoms. The number of benzene rings is 1. The van der Waals surface area contributed by atoms with Gasteiger partial charge in [0, 0.05) is 5.56 Å². The number of hydrogen-bond acceptors (Lipinski definition) is 4. The first kappa shape index (κ1) is 13.4. The maximum atomic E-state index is 11.9. The first-order valence-electron chi connectivity index (χ1n) is 5.39. The normalized spacial score (nSPS) is 9.95. The Bertz CT molecular complexity index is 661. The molecule has 1 amide bonds. The summed E-state index contributed by atoms with van der Waals surface area (Å²) in [7, 11) is 0. The molecule has 2 aromatic rings. The van der Waals surface area contributed by atoms with Crippen LogP contribution in [-0.4, -0.2) is 25.9 Å². The summed E-state index contributed by atoms with van der Waals surface area (Å²) in [6.45, 7) is 1.75. The van der Waals surface area contributed by atoms with Gasteiger partial charge >= 0.3 is 0 Å². The molecule has 0 fully saturated rings. The maximum absolute atomic E-state index is 11.9. The lowest BCUT2D eigenvalue weighted by atomic mass is 10.2. The molecule has 6 nitrogen and oxygen atoms in total. The first-order chi connectivity index (χ1) is 9.08. The quantitative estimate of drug-likeness (QED) is 0.732. The summed E-state index contributed by atoms with van der Waals surface area (Å²) < 4.78 is 1.84. The van der Waals surface area contributed by atoms with Crippen molar-refractivity contribution >= 4 is 35.5 Å². The van der Waals surface area contributed by atoms with Gasteiger partial charge in [-0.05, 0) is 43.5 Å². The van der Waals surface area contributed by atoms with Gasteiger partial charge in [0.05, 0.1) is 0 Å². The van der Waals surface area contributed by atoms with Crippen LogP contribution in [0.4, 0.5) is 0 Å². The van der Waals surface area contributed by atoms with Crippen LogP contribution >= 0.6 is 24.4 Å². The lowest BCUT2D eigenvalue weighted by Crippen LogP contribution is -2.38. The largest absolute Gasteiger partial charge is 0.298 e. The minimum absolute atomic E-state index is 0.148. The van der Waals surface area contributed by atoms with Crippen molar-refractivity contribution in [1.29, 1.82) is 0 Å². The Kier molecular flexibility index (Phi) is 4.03. The Morgan fingerprint density at radius 1 is 1.37 bits per heavy atom. The van der Waals surface area contributed by atoms with E-state index in [4.69, 9.17) is 24.4 Å². The number of carbonyl (C=O) groups excluding carboxylic acids is 1. The van der Waals surface area contributed by atoms with E-state index in [1.807, 2.05) is 6.07 Å². The summed E-state index contributed by atoms with van der Waals surface area (Å²) in [4.78, 5) is 11.9. The molecule has 8 heteroatoms. The Hall–Kier alpha value is -2.06. The lowest BCUT2D eigenvalue weighted by Gasteiger charge is -2.10. The monoisotopic (exact) mass is 293 g/mol. The van der Waals surface area contributed by atoms with E-state index in [-0.39, 0.29) is 11.0 Å². The minimum atomic E-state index is -0.286. The minimum Gasteiger partial charge on any atom is -0.298 e. The van der Waals surface area contributed by atoms with Gasteiger partial charge < -0.3 is 0 Å². The van der Waals surface area contributed by atoms with Crippen molar-refractivity contribution in [3.05, 3.63) is 46.5 Å². The van der Waals surface area contributed by atoms with Crippen LogP contribution in [0.3, 0.4) is 0 Å². The number of nitrogens with zero attached hydrogens (tertiary/aromatic N) is 2. The summed E-state index contributed by atoms with van der Waals surface area (Å²) in [5, 5.41) is 9.23. The fourth-order valence-electron chi connectivity index (χ4n) is 1.40. The summed E-state index contributed by atoms with van der Waals surface area (Å²) in [5.74, 6) is 0.326. The predicted octanol–water partition coefficient (Wildman–Crippen LogP) is 1.51. The molecular formula is C11H11N5OS2. The second-order valence-electron chi connectivity index (χ2n) is 3.67. The molecule has 0 aliphatic heterocycles. The van der Waals surface area contributed by atoms with Gasteiger partial charge in [-0.3, -0.25) is 20.6 Å². The molecule has 98 valence electrons. The molecule has 19 heavy (non-hydrogen) atoms. The summed E-state index contributed by atoms with van der Waals surface area (Å²) in [6, 6.07) is 8.80. The molecule has 0 aliphatic rings. The average Bonchev–Trinajstić information content (AvgIpc) is 2.71. The highest BCUT2D eigenvalue weighted by Gasteiger charge is 2.08. The Balaban J connectivity index is 2.03. The molecule has 1 heterocycles. The van der Waals surface area contributed by atoms with Crippen molar-refractivity contribution in [1.82, 2.24) is 20.2 Å². The van der Waals surface area contributed by atoms with Gasteiger partial charge in [0.25, 0.3) is 5.91 Å². The van der Waals surface area contributed by atoms with Crippen molar-refractivity contribution in [2.24, 2.45) is 0 Å². The Labute approximate surface area is 119 Å². The van der Waals surface area contributed by atoms with Crippen LogP contribution in [0, 0.1) is 11.7 Å². The van der Waals surface area contributed by atoms with E-state index < -0.39 is 0 Å². The number of rotatable bonds is 2. The van der Waals surface area contributed by atoms with E-state index in [9.17, 15) is 4.79 Å². The van der Waals surface area contributed by atoms with Crippen LogP contribution in [0.25, 0.3) is 0 Å². The maximum Gasteiger partial charge on any atom is 0.257 e. The van der Waals surface area contributed by atoms with Crippen LogP contribution in [0.1, 0.15) is 16.2 Å². The Morgan fingerprint density at radius 3 is 2.63 bits per heavy atom. The van der Waals surface area contributed by atoms with Crippen LogP contribution in [0.15, 0.2) is 30.3 Å². The fourth-order valence-corrected chi connectivity index (χ4v) is 1.81. The smallest absolute Gasteiger partial charge is 0.257 e. The molecule has 2 rings (SSSR count). The zero-order valence-electron chi connectivity index (χ0n) is 10.0. The molecule has 0 aliphatic carbocycles. The molecule has 0 radical (unpaired) electrons. The number of H-pyrrole nitrogens is 1. The number of aryl methyl sites for hydroxylation is 1. The van der Waals surface area contributed by atoms with E-state index in [2.05, 4.69) is 20.9 Å². The molecule has 1 aromatic carbocycles. The van der Waals surface area contributed by atoms with Crippen LogP contribution < -0.4 is 10.7 Å². The number of aromatic amines is 1. The Morgan fingerprint density at radius 2 is 2.05 bits per heavy atom. The van der Waals surface area contributed by atoms with Gasteiger partial charge in [0.2, 0.25) is 4.77 Å². The molecule has 1 aromatic heterocycles. The molecule has 0 saturated heterocycles. The van der Waals surface area contributed by atoms with Gasteiger partial charge in [-0.25, -0.2) is 4.68 Å². The van der Waals surface area contributed by atoms with E-state index in [0.717, 1.165) is 0 Å². The van der Waals surface area contributed by atoms with E-state index >= 15 is 0 Å². The van der Waals surface area contributed by atoms with Gasteiger partial charge in [0.15, 0.2) is 5.11 Å². The number of hydrogen-bond donors (Lipinski definition) is 3. The zero-order chi connectivity index (χ0) is 13.8. The van der Waals surface area contributed by atoms with Crippen molar-refractivity contribution < 1.29 is 4.79 Å². The summed E-state index contributed by atoms with van der Waals surface area (Å²) in [5.41, 5.74) is 3.30.